The third-order valence-corrected chi connectivity index (χ3v) is 6.56. The summed E-state index contributed by atoms with van der Waals surface area (Å²) in [4.78, 5) is 30.0. The summed E-state index contributed by atoms with van der Waals surface area (Å²) in [5.74, 6) is 1.43. The van der Waals surface area contributed by atoms with E-state index in [-0.39, 0.29) is 29.7 Å². The zero-order chi connectivity index (χ0) is 22.8. The minimum Gasteiger partial charge on any atom is -0.486 e. The van der Waals surface area contributed by atoms with E-state index in [1.807, 2.05) is 49.4 Å². The molecule has 0 radical (unpaired) electrons. The van der Waals surface area contributed by atoms with Crippen molar-refractivity contribution in [2.24, 2.45) is 0 Å². The monoisotopic (exact) mass is 463 g/mol. The van der Waals surface area contributed by atoms with E-state index in [9.17, 15) is 9.59 Å². The van der Waals surface area contributed by atoms with Crippen LogP contribution in [0.5, 0.6) is 11.5 Å². The van der Waals surface area contributed by atoms with Crippen molar-refractivity contribution in [3.05, 3.63) is 59.7 Å². The molecule has 1 aliphatic carbocycles. The lowest BCUT2D eigenvalue weighted by Gasteiger charge is -2.21. The Balaban J connectivity index is 1.25. The van der Waals surface area contributed by atoms with Crippen molar-refractivity contribution >= 4 is 34.5 Å². The number of amides is 2. The molecule has 1 aromatic heterocycles. The first-order chi connectivity index (χ1) is 16.1. The Labute approximate surface area is 196 Å². The van der Waals surface area contributed by atoms with Crippen molar-refractivity contribution in [3.63, 3.8) is 0 Å². The molecule has 0 saturated heterocycles. The third kappa shape index (κ3) is 5.06. The number of fused-ring (bicyclic) bond motifs is 2. The number of nitrogens with zero attached hydrogens (tertiary/aromatic N) is 1. The smallest absolute Gasteiger partial charge is 0.252 e. The summed E-state index contributed by atoms with van der Waals surface area (Å²) in [5.41, 5.74) is 2.29. The maximum absolute atomic E-state index is 12.8. The van der Waals surface area contributed by atoms with Gasteiger partial charge in [0.05, 0.1) is 27.9 Å². The summed E-state index contributed by atoms with van der Waals surface area (Å²) in [6.07, 6.45) is 2.05. The van der Waals surface area contributed by atoms with Gasteiger partial charge in [0.25, 0.3) is 5.91 Å². The highest BCUT2D eigenvalue weighted by molar-refractivity contribution is 7.99. The molecule has 2 aliphatic rings. The predicted octanol–water partition coefficient (Wildman–Crippen LogP) is 3.87. The van der Waals surface area contributed by atoms with Crippen LogP contribution in [0.1, 0.15) is 41.7 Å². The van der Waals surface area contributed by atoms with Gasteiger partial charge in [-0.05, 0) is 49.6 Å². The summed E-state index contributed by atoms with van der Waals surface area (Å²) < 4.78 is 11.2. The Morgan fingerprint density at radius 3 is 2.70 bits per heavy atom. The highest BCUT2D eigenvalue weighted by Gasteiger charge is 2.25. The first-order valence-electron chi connectivity index (χ1n) is 11.1. The molecule has 170 valence electrons. The molecule has 7 nitrogen and oxygen atoms in total. The lowest BCUT2D eigenvalue weighted by molar-refractivity contribution is -0.119. The Hall–Kier alpha value is -3.26. The topological polar surface area (TPSA) is 89.6 Å². The van der Waals surface area contributed by atoms with Gasteiger partial charge in [-0.15, -0.1) is 0 Å². The number of thioether (sulfide) groups is 1. The normalized spacial score (nSPS) is 15.7. The van der Waals surface area contributed by atoms with Crippen LogP contribution >= 0.6 is 11.8 Å². The second kappa shape index (κ2) is 9.31. The zero-order valence-electron chi connectivity index (χ0n) is 18.3. The van der Waals surface area contributed by atoms with Gasteiger partial charge in [0.15, 0.2) is 11.5 Å². The summed E-state index contributed by atoms with van der Waals surface area (Å²) in [7, 11) is 0. The molecule has 2 N–H and O–H groups in total. The molecule has 1 atom stereocenters. The van der Waals surface area contributed by atoms with Gasteiger partial charge in [0, 0.05) is 11.4 Å². The minimum absolute atomic E-state index is 0.0883. The van der Waals surface area contributed by atoms with Crippen LogP contribution in [-0.2, 0) is 4.79 Å². The Morgan fingerprint density at radius 2 is 1.88 bits per heavy atom. The van der Waals surface area contributed by atoms with Crippen LogP contribution < -0.4 is 20.1 Å². The number of hydrogen-bond acceptors (Lipinski definition) is 6. The Bertz CT molecular complexity index is 1210. The van der Waals surface area contributed by atoms with E-state index in [1.165, 1.54) is 11.8 Å². The number of nitrogens with one attached hydrogen (secondary N) is 2. The lowest BCUT2D eigenvalue weighted by Crippen LogP contribution is -2.28. The van der Waals surface area contributed by atoms with Crippen molar-refractivity contribution in [1.29, 1.82) is 0 Å². The largest absolute Gasteiger partial charge is 0.486 e. The van der Waals surface area contributed by atoms with Gasteiger partial charge in [-0.3, -0.25) is 9.59 Å². The summed E-state index contributed by atoms with van der Waals surface area (Å²) >= 11 is 1.32. The Morgan fingerprint density at radius 1 is 1.09 bits per heavy atom. The first-order valence-corrected chi connectivity index (χ1v) is 12.1. The molecule has 2 amide bonds. The van der Waals surface area contributed by atoms with E-state index in [4.69, 9.17) is 9.47 Å². The number of benzene rings is 2. The van der Waals surface area contributed by atoms with Crippen LogP contribution in [0.4, 0.5) is 0 Å². The van der Waals surface area contributed by atoms with Crippen LogP contribution in [-0.4, -0.2) is 41.8 Å². The van der Waals surface area contributed by atoms with Crippen LogP contribution in [0.3, 0.4) is 0 Å². The number of hydrogen-bond donors (Lipinski definition) is 2. The number of aromatic nitrogens is 1. The van der Waals surface area contributed by atoms with Crippen molar-refractivity contribution in [1.82, 2.24) is 15.6 Å². The average Bonchev–Trinajstić information content (AvgIpc) is 3.65. The first kappa shape index (κ1) is 21.6. The number of ether oxygens (including phenoxy) is 2. The van der Waals surface area contributed by atoms with Crippen molar-refractivity contribution in [2.75, 3.05) is 19.0 Å². The molecule has 2 heterocycles. The maximum atomic E-state index is 12.8. The van der Waals surface area contributed by atoms with Gasteiger partial charge in [-0.25, -0.2) is 4.98 Å². The van der Waals surface area contributed by atoms with Gasteiger partial charge in [0.2, 0.25) is 5.91 Å². The lowest BCUT2D eigenvalue weighted by atomic mass is 10.1. The van der Waals surface area contributed by atoms with Gasteiger partial charge in [-0.1, -0.05) is 36.0 Å². The molecule has 2 aromatic carbocycles. The molecule has 3 aromatic rings. The molecule has 1 aliphatic heterocycles. The van der Waals surface area contributed by atoms with Gasteiger partial charge >= 0.3 is 0 Å². The van der Waals surface area contributed by atoms with E-state index in [0.29, 0.717) is 29.6 Å². The van der Waals surface area contributed by atoms with E-state index < -0.39 is 0 Å². The molecule has 0 spiro atoms. The number of carbonyl (C=O) groups is 2. The summed E-state index contributed by atoms with van der Waals surface area (Å²) in [5, 5.41) is 7.53. The Kier molecular flexibility index (Phi) is 6.09. The fourth-order valence-corrected chi connectivity index (χ4v) is 4.47. The van der Waals surface area contributed by atoms with E-state index >= 15 is 0 Å². The quantitative estimate of drug-likeness (QED) is 0.517. The molecular weight excluding hydrogens is 438 g/mol. The van der Waals surface area contributed by atoms with Gasteiger partial charge < -0.3 is 20.1 Å². The molecule has 8 heteroatoms. The standard InChI is InChI=1S/C25H25N3O4S/c1-15(16-6-9-21-22(12-16)32-11-10-31-21)26-23(29)14-33-24-13-19(25(30)27-17-7-8-17)18-4-2-3-5-20(18)28-24/h2-6,9,12-13,15,17H,7-8,10-11,14H2,1H3,(H,26,29)(H,27,30). The highest BCUT2D eigenvalue weighted by Crippen LogP contribution is 2.32. The molecule has 1 unspecified atom stereocenters. The highest BCUT2D eigenvalue weighted by atomic mass is 32.2. The van der Waals surface area contributed by atoms with Crippen LogP contribution in [0, 0.1) is 0 Å². The number of pyridine rings is 1. The van der Waals surface area contributed by atoms with Crippen molar-refractivity contribution in [2.45, 2.75) is 36.9 Å². The summed E-state index contributed by atoms with van der Waals surface area (Å²) in [6, 6.07) is 15.2. The van der Waals surface area contributed by atoms with Gasteiger partial charge in [-0.2, -0.15) is 0 Å². The fourth-order valence-electron chi connectivity index (χ4n) is 3.74. The average molecular weight is 464 g/mol. The van der Waals surface area contributed by atoms with E-state index in [1.54, 1.807) is 6.07 Å². The van der Waals surface area contributed by atoms with Crippen LogP contribution in [0.15, 0.2) is 53.6 Å². The second-order valence-electron chi connectivity index (χ2n) is 8.25. The molecule has 5 rings (SSSR count). The van der Waals surface area contributed by atoms with E-state index in [2.05, 4.69) is 15.6 Å². The molecule has 33 heavy (non-hydrogen) atoms. The number of para-hydroxylation sites is 1. The fraction of sp³-hybridized carbons (Fsp3) is 0.320. The SMILES string of the molecule is CC(NC(=O)CSc1cc(C(=O)NC2CC2)c2ccccc2n1)c1ccc2c(c1)OCCO2. The minimum atomic E-state index is -0.182. The molecule has 0 bridgehead atoms. The van der Waals surface area contributed by atoms with Crippen molar-refractivity contribution < 1.29 is 19.1 Å². The number of rotatable bonds is 7. The maximum Gasteiger partial charge on any atom is 0.252 e. The second-order valence-corrected chi connectivity index (χ2v) is 9.25. The molecular formula is C25H25N3O4S. The van der Waals surface area contributed by atoms with Gasteiger partial charge in [0.1, 0.15) is 13.2 Å². The van der Waals surface area contributed by atoms with E-state index in [0.717, 1.165) is 35.1 Å². The third-order valence-electron chi connectivity index (χ3n) is 5.64. The van der Waals surface area contributed by atoms with Crippen LogP contribution in [0.25, 0.3) is 10.9 Å². The van der Waals surface area contributed by atoms with Crippen molar-refractivity contribution in [3.8, 4) is 11.5 Å². The zero-order valence-corrected chi connectivity index (χ0v) is 19.1. The summed E-state index contributed by atoms with van der Waals surface area (Å²) in [6.45, 7) is 3.00. The molecule has 1 saturated carbocycles. The molecule has 1 fully saturated rings. The predicted molar refractivity (Wildman–Crippen MR) is 127 cm³/mol. The van der Waals surface area contributed by atoms with Crippen LogP contribution in [0.2, 0.25) is 0 Å². The number of carbonyl (C=O) groups excluding carboxylic acids is 2.